The van der Waals surface area contributed by atoms with E-state index in [9.17, 15) is 9.90 Å². The van der Waals surface area contributed by atoms with Crippen LogP contribution in [0.3, 0.4) is 0 Å². The van der Waals surface area contributed by atoms with Gasteiger partial charge in [-0.05, 0) is 51.4 Å². The molecule has 832 valence electrons. The number of esters is 1. The van der Waals surface area contributed by atoms with E-state index in [-0.39, 0.29) is 12.1 Å². The van der Waals surface area contributed by atoms with Gasteiger partial charge in [0.25, 0.3) is 0 Å². The predicted molar refractivity (Wildman–Crippen MR) is 630 cm³/mol. The molecule has 138 heavy (non-hydrogen) atoms. The molecular formula is C134H272O4. The van der Waals surface area contributed by atoms with Crippen LogP contribution >= 0.6 is 0 Å². The van der Waals surface area contributed by atoms with Crippen LogP contribution in [0.5, 0.6) is 0 Å². The number of carbonyl (C=O) groups is 1. The van der Waals surface area contributed by atoms with E-state index in [1.54, 1.807) is 0 Å². The highest BCUT2D eigenvalue weighted by molar-refractivity contribution is 5.69. The molecule has 0 aromatic rings. The monoisotopic (exact) mass is 1950 g/mol. The summed E-state index contributed by atoms with van der Waals surface area (Å²) in [6.07, 6.45) is 171. The average Bonchev–Trinajstić information content (AvgIpc) is 0.937. The second-order valence-electron chi connectivity index (χ2n) is 46.2. The van der Waals surface area contributed by atoms with Crippen LogP contribution in [0.25, 0.3) is 0 Å². The van der Waals surface area contributed by atoms with Crippen LogP contribution in [0.4, 0.5) is 0 Å². The maximum Gasteiger partial charge on any atom is 0.305 e. The molecule has 0 aliphatic heterocycles. The number of ether oxygens (including phenoxy) is 2. The highest BCUT2D eigenvalue weighted by Crippen LogP contribution is 2.28. The number of carbonyl (C=O) groups excluding carboxylic acids is 1. The normalized spacial score (nSPS) is 12.3. The van der Waals surface area contributed by atoms with Crippen LogP contribution in [0, 0.1) is 0 Å². The van der Waals surface area contributed by atoms with Gasteiger partial charge in [0.15, 0.2) is 0 Å². The summed E-state index contributed by atoms with van der Waals surface area (Å²) < 4.78 is 12.7. The maximum atomic E-state index is 11.9. The first-order valence-corrected chi connectivity index (χ1v) is 66.9. The van der Waals surface area contributed by atoms with Crippen molar-refractivity contribution in [3.8, 4) is 0 Å². The second-order valence-corrected chi connectivity index (χ2v) is 46.2. The molecule has 0 radical (unpaired) electrons. The smallest absolute Gasteiger partial charge is 0.305 e. The van der Waals surface area contributed by atoms with E-state index < -0.39 is 0 Å². The summed E-state index contributed by atoms with van der Waals surface area (Å²) in [6, 6.07) is 0. The van der Waals surface area contributed by atoms with Gasteiger partial charge in [-0.15, -0.1) is 0 Å². The Morgan fingerprint density at radius 1 is 0.145 bits per heavy atom. The predicted octanol–water partition coefficient (Wildman–Crippen LogP) is 50.0. The number of unbranched alkanes of at least 4 members (excludes halogenated alkanes) is 106. The zero-order chi connectivity index (χ0) is 100.0. The van der Waals surface area contributed by atoms with Crippen molar-refractivity contribution in [3.63, 3.8) is 0 Å². The lowest BCUT2D eigenvalue weighted by Gasteiger charge is -2.26. The van der Waals surface area contributed by atoms with Crippen LogP contribution in [0.2, 0.25) is 0 Å². The first kappa shape index (κ1) is 142. The Morgan fingerprint density at radius 2 is 0.254 bits per heavy atom. The quantitative estimate of drug-likeness (QED) is 0.0487. The summed E-state index contributed by atoms with van der Waals surface area (Å²) in [6.45, 7) is 19.1. The van der Waals surface area contributed by atoms with Gasteiger partial charge in [0.1, 0.15) is 0 Å². The van der Waals surface area contributed by atoms with Crippen molar-refractivity contribution in [3.05, 3.63) is 0 Å². The average molecular weight is 1950 g/mol. The van der Waals surface area contributed by atoms with E-state index in [0.29, 0.717) is 25.2 Å². The number of aliphatic hydroxyl groups excluding tert-OH is 1. The van der Waals surface area contributed by atoms with Gasteiger partial charge in [0.05, 0.1) is 24.9 Å². The third-order valence-electron chi connectivity index (χ3n) is 31.7. The lowest BCUT2D eigenvalue weighted by atomic mass is 9.98. The van der Waals surface area contributed by atoms with E-state index in [0.717, 1.165) is 25.7 Å². The van der Waals surface area contributed by atoms with E-state index in [2.05, 4.69) is 55.4 Å². The van der Waals surface area contributed by atoms with E-state index >= 15 is 0 Å². The van der Waals surface area contributed by atoms with Gasteiger partial charge >= 0.3 is 5.97 Å². The molecule has 3 unspecified atom stereocenters. The third-order valence-corrected chi connectivity index (χ3v) is 31.7. The Hall–Kier alpha value is -0.610. The summed E-state index contributed by atoms with van der Waals surface area (Å²) >= 11 is 0. The molecule has 4 heteroatoms. The van der Waals surface area contributed by atoms with E-state index in [4.69, 9.17) is 9.47 Å². The molecule has 0 aliphatic carbocycles. The van der Waals surface area contributed by atoms with Crippen LogP contribution in [-0.2, 0) is 14.3 Å². The molecule has 0 saturated carbocycles. The van der Waals surface area contributed by atoms with Crippen LogP contribution < -0.4 is 0 Å². The summed E-state index contributed by atoms with van der Waals surface area (Å²) in [5, 5.41) is 10.2. The molecule has 0 fully saturated rings. The van der Waals surface area contributed by atoms with Crippen molar-refractivity contribution in [2.75, 3.05) is 6.61 Å². The van der Waals surface area contributed by atoms with Gasteiger partial charge in [-0.2, -0.15) is 0 Å². The fourth-order valence-electron chi connectivity index (χ4n) is 21.8. The van der Waals surface area contributed by atoms with Crippen molar-refractivity contribution in [1.82, 2.24) is 0 Å². The van der Waals surface area contributed by atoms with Gasteiger partial charge in [0, 0.05) is 6.42 Å². The van der Waals surface area contributed by atoms with Crippen molar-refractivity contribution in [2.45, 2.75) is 851 Å². The Labute approximate surface area is 876 Å². The van der Waals surface area contributed by atoms with Crippen LogP contribution in [0.15, 0.2) is 0 Å². The molecule has 0 spiro atoms. The highest BCUT2D eigenvalue weighted by Gasteiger charge is 2.18. The summed E-state index contributed by atoms with van der Waals surface area (Å²) in [5.41, 5.74) is 0. The van der Waals surface area contributed by atoms with Crippen LogP contribution in [-0.4, -0.2) is 36.0 Å². The maximum absolute atomic E-state index is 11.9. The largest absolute Gasteiger partial charge is 0.466 e. The van der Waals surface area contributed by atoms with Crippen molar-refractivity contribution >= 4 is 5.97 Å². The molecule has 0 saturated heterocycles. The van der Waals surface area contributed by atoms with Gasteiger partial charge in [-0.3, -0.25) is 4.79 Å². The van der Waals surface area contributed by atoms with E-state index in [1.807, 2.05) is 0 Å². The summed E-state index contributed by atoms with van der Waals surface area (Å²) in [4.78, 5) is 11.9. The minimum absolute atomic E-state index is 0.0257. The zero-order valence-electron chi connectivity index (χ0n) is 98.2. The molecule has 0 amide bonds. The number of hydrogen-bond acceptors (Lipinski definition) is 4. The molecule has 0 heterocycles. The summed E-state index contributed by atoms with van der Waals surface area (Å²) in [7, 11) is 0. The second kappa shape index (κ2) is 136. The highest BCUT2D eigenvalue weighted by atomic mass is 16.5. The lowest BCUT2D eigenvalue weighted by molar-refractivity contribution is -0.143. The molecule has 0 rings (SSSR count). The fourth-order valence-corrected chi connectivity index (χ4v) is 21.8. The molecule has 0 aromatic heterocycles. The molecular weight excluding hydrogens is 1670 g/mol. The van der Waals surface area contributed by atoms with Crippen LogP contribution in [0.1, 0.15) is 832 Å². The lowest BCUT2D eigenvalue weighted by Crippen LogP contribution is -2.23. The standard InChI is InChI=1S/C68H138O.C34H70O.C32H64O2/c1-5-9-13-17-21-25-29-33-37-41-45-49-53-57-61-65-67(63-59-55-51-47-43-39-35-31-27-23-19-15-11-7-3)69-68(64-60-56-52-48-44-40-36-32-28-24-20-16-12-8-4)66-62-58-54-50-46-42-38-34-30-26-22-18-14-10-6-2;1-3-5-7-9-11-13-15-17-19-21-23-25-27-29-31-33-34(35)32-30-28-26-24-22-20-18-16-14-12-10-8-6-4-2;1-3-5-7-9-11-13-15-17-19-21-23-25-27-29-31-34-32(33)30-28-26-24-22-20-18-16-14-12-10-8-6-4-2/h67-68H,5-66H2,1-4H3;34-35H,3-33H2,1-2H3;3-31H2,1-2H3. The zero-order valence-corrected chi connectivity index (χ0v) is 98.2. The van der Waals surface area contributed by atoms with E-state index in [1.165, 1.54) is 745 Å². The molecule has 0 aliphatic rings. The van der Waals surface area contributed by atoms with Crippen molar-refractivity contribution < 1.29 is 19.4 Å². The van der Waals surface area contributed by atoms with Gasteiger partial charge in [-0.1, -0.05) is 775 Å². The summed E-state index contributed by atoms with van der Waals surface area (Å²) in [5.74, 6) is 0.0257. The molecule has 0 bridgehead atoms. The fraction of sp³-hybridized carbons (Fsp3) is 0.993. The molecule has 0 aromatic carbocycles. The number of rotatable bonds is 124. The van der Waals surface area contributed by atoms with Crippen molar-refractivity contribution in [1.29, 1.82) is 0 Å². The number of aliphatic hydroxyl groups is 1. The van der Waals surface area contributed by atoms with Gasteiger partial charge in [-0.25, -0.2) is 0 Å². The Kier molecular flexibility index (Phi) is 140. The first-order valence-electron chi connectivity index (χ1n) is 66.9. The Bertz CT molecular complexity index is 1930. The van der Waals surface area contributed by atoms with Gasteiger partial charge < -0.3 is 14.6 Å². The first-order chi connectivity index (χ1) is 68.4. The Balaban J connectivity index is -0.00000220. The number of hydrogen-bond donors (Lipinski definition) is 1. The van der Waals surface area contributed by atoms with Crippen molar-refractivity contribution in [2.24, 2.45) is 0 Å². The minimum Gasteiger partial charge on any atom is -0.466 e. The molecule has 4 nitrogen and oxygen atoms in total. The topological polar surface area (TPSA) is 55.8 Å². The minimum atomic E-state index is -0.0331. The SMILES string of the molecule is CCCCCCCCCCCCCCCCCC(CCCCCCCCCCCCCCCC)OC(CCCCCCCCCCCCCCCC)CCCCCCCCCCCCCCCCC.CCCCCCCCCCCCCCCCCC(O)CCCCCCCCCCCCCCCC.CCCCCCCCCCCCCCCCOC(=O)CCCCCCCCCCCCCCC. The Morgan fingerprint density at radius 3 is 0.391 bits per heavy atom. The third kappa shape index (κ3) is 135. The van der Waals surface area contributed by atoms with Gasteiger partial charge in [0.2, 0.25) is 0 Å². The molecule has 1 N–H and O–H groups in total. The molecule has 3 atom stereocenters.